The Kier molecular flexibility index (Phi) is 4.14. The molecule has 0 aromatic carbocycles. The van der Waals surface area contributed by atoms with Gasteiger partial charge in [0.15, 0.2) is 10.9 Å². The number of ketones is 1. The van der Waals surface area contributed by atoms with Crippen molar-refractivity contribution in [3.63, 3.8) is 0 Å². The highest BCUT2D eigenvalue weighted by Crippen LogP contribution is 2.20. The number of carbonyl (C=O) groups excluding carboxylic acids is 1. The van der Waals surface area contributed by atoms with Crippen LogP contribution in [0, 0.1) is 13.8 Å². The molecule has 0 amide bonds. The lowest BCUT2D eigenvalue weighted by molar-refractivity contribution is 0.102. The number of Topliss-reactive ketones (excluding diaryl/α,β-unsaturated/α-hetero) is 1. The highest BCUT2D eigenvalue weighted by Gasteiger charge is 2.15. The third-order valence-electron chi connectivity index (χ3n) is 3.30. The normalized spacial score (nSPS) is 10.9. The van der Waals surface area contributed by atoms with Crippen molar-refractivity contribution in [2.24, 2.45) is 7.05 Å². The molecule has 0 saturated carbocycles. The number of thioether (sulfide) groups is 1. The maximum absolute atomic E-state index is 12.3. The van der Waals surface area contributed by atoms with Crippen LogP contribution in [0.15, 0.2) is 23.6 Å². The van der Waals surface area contributed by atoms with Crippen LogP contribution >= 0.6 is 11.8 Å². The van der Waals surface area contributed by atoms with Gasteiger partial charge in [-0.15, -0.1) is 0 Å². The van der Waals surface area contributed by atoms with Crippen molar-refractivity contribution in [1.29, 1.82) is 0 Å². The summed E-state index contributed by atoms with van der Waals surface area (Å²) in [6.45, 7) is 7.04. The van der Waals surface area contributed by atoms with E-state index in [0.717, 1.165) is 28.7 Å². The van der Waals surface area contributed by atoms with Gasteiger partial charge in [0.2, 0.25) is 0 Å². The molecule has 2 rings (SSSR count). The zero-order chi connectivity index (χ0) is 14.0. The fraction of sp³-hybridized carbons (Fsp3) is 0.429. The second-order valence-electron chi connectivity index (χ2n) is 4.56. The van der Waals surface area contributed by atoms with Crippen molar-refractivity contribution in [1.82, 2.24) is 14.1 Å². The third-order valence-corrected chi connectivity index (χ3v) is 4.36. The Hall–Kier alpha value is -1.49. The number of imidazole rings is 1. The molecule has 0 atom stereocenters. The summed E-state index contributed by atoms with van der Waals surface area (Å²) in [7, 11) is 1.93. The van der Waals surface area contributed by atoms with Gasteiger partial charge in [0, 0.05) is 42.9 Å². The molecule has 0 aliphatic rings. The van der Waals surface area contributed by atoms with E-state index >= 15 is 0 Å². The van der Waals surface area contributed by atoms with Crippen molar-refractivity contribution in [3.8, 4) is 0 Å². The third kappa shape index (κ3) is 2.76. The van der Waals surface area contributed by atoms with Crippen molar-refractivity contribution in [2.45, 2.75) is 32.5 Å². The molecule has 102 valence electrons. The Morgan fingerprint density at radius 1 is 1.42 bits per heavy atom. The van der Waals surface area contributed by atoms with Gasteiger partial charge in [-0.25, -0.2) is 4.98 Å². The van der Waals surface area contributed by atoms with Crippen molar-refractivity contribution < 1.29 is 4.79 Å². The van der Waals surface area contributed by atoms with Gasteiger partial charge in [-0.05, 0) is 26.8 Å². The number of aromatic nitrogens is 3. The smallest absolute Gasteiger partial charge is 0.175 e. The first-order valence-electron chi connectivity index (χ1n) is 6.34. The van der Waals surface area contributed by atoms with E-state index in [0.29, 0.717) is 5.75 Å². The van der Waals surface area contributed by atoms with Crippen LogP contribution in [-0.2, 0) is 13.6 Å². The fourth-order valence-corrected chi connectivity index (χ4v) is 3.08. The number of hydrogen-bond donors (Lipinski definition) is 0. The second kappa shape index (κ2) is 5.65. The summed E-state index contributed by atoms with van der Waals surface area (Å²) in [5.41, 5.74) is 3.04. The average molecular weight is 277 g/mol. The fourth-order valence-electron chi connectivity index (χ4n) is 2.27. The van der Waals surface area contributed by atoms with E-state index in [1.807, 2.05) is 37.7 Å². The van der Waals surface area contributed by atoms with Crippen LogP contribution in [-0.4, -0.2) is 25.7 Å². The summed E-state index contributed by atoms with van der Waals surface area (Å²) < 4.78 is 4.09. The molecule has 0 aliphatic carbocycles. The summed E-state index contributed by atoms with van der Waals surface area (Å²) in [6, 6.07) is 1.99. The first-order valence-corrected chi connectivity index (χ1v) is 7.33. The number of carbonyl (C=O) groups is 1. The lowest BCUT2D eigenvalue weighted by Crippen LogP contribution is -2.06. The van der Waals surface area contributed by atoms with E-state index in [9.17, 15) is 4.79 Å². The van der Waals surface area contributed by atoms with E-state index in [1.165, 1.54) is 11.8 Å². The van der Waals surface area contributed by atoms with Gasteiger partial charge in [-0.1, -0.05) is 11.8 Å². The van der Waals surface area contributed by atoms with Crippen LogP contribution in [0.5, 0.6) is 0 Å². The molecule has 0 saturated heterocycles. The lowest BCUT2D eigenvalue weighted by atomic mass is 10.2. The summed E-state index contributed by atoms with van der Waals surface area (Å²) in [5, 5.41) is 0.873. The van der Waals surface area contributed by atoms with Crippen LogP contribution < -0.4 is 0 Å². The molecule has 2 aromatic rings. The van der Waals surface area contributed by atoms with E-state index in [-0.39, 0.29) is 5.78 Å². The standard InChI is InChI=1S/C14H19N3OS/c1-5-17-10(2)8-12(11(17)3)13(18)9-19-14-15-6-7-16(14)4/h6-8H,5,9H2,1-4H3. The highest BCUT2D eigenvalue weighted by atomic mass is 32.2. The maximum atomic E-state index is 12.3. The molecule has 5 heteroatoms. The molecular weight excluding hydrogens is 258 g/mol. The minimum atomic E-state index is 0.167. The van der Waals surface area contributed by atoms with Crippen molar-refractivity contribution in [3.05, 3.63) is 35.4 Å². The average Bonchev–Trinajstić information content (AvgIpc) is 2.90. The van der Waals surface area contributed by atoms with Gasteiger partial charge >= 0.3 is 0 Å². The molecular formula is C14H19N3OS. The Labute approximate surface area is 117 Å². The highest BCUT2D eigenvalue weighted by molar-refractivity contribution is 7.99. The van der Waals surface area contributed by atoms with E-state index in [1.54, 1.807) is 6.20 Å². The zero-order valence-electron chi connectivity index (χ0n) is 11.8. The second-order valence-corrected chi connectivity index (χ2v) is 5.50. The topological polar surface area (TPSA) is 39.8 Å². The SMILES string of the molecule is CCn1c(C)cc(C(=O)CSc2nccn2C)c1C. The van der Waals surface area contributed by atoms with E-state index < -0.39 is 0 Å². The first-order chi connectivity index (χ1) is 9.04. The minimum absolute atomic E-state index is 0.167. The molecule has 2 heterocycles. The monoisotopic (exact) mass is 277 g/mol. The number of hydrogen-bond acceptors (Lipinski definition) is 3. The van der Waals surface area contributed by atoms with Gasteiger partial charge in [-0.2, -0.15) is 0 Å². The Balaban J connectivity index is 2.10. The van der Waals surface area contributed by atoms with Crippen LogP contribution in [0.3, 0.4) is 0 Å². The van der Waals surface area contributed by atoms with Crippen LogP contribution in [0.4, 0.5) is 0 Å². The maximum Gasteiger partial charge on any atom is 0.175 e. The molecule has 0 fully saturated rings. The Morgan fingerprint density at radius 3 is 2.68 bits per heavy atom. The van der Waals surface area contributed by atoms with Crippen molar-refractivity contribution in [2.75, 3.05) is 5.75 Å². The summed E-state index contributed by atoms with van der Waals surface area (Å²) in [4.78, 5) is 16.5. The first kappa shape index (κ1) is 13.9. The van der Waals surface area contributed by atoms with Gasteiger partial charge in [0.1, 0.15) is 0 Å². The quantitative estimate of drug-likeness (QED) is 0.623. The Bertz CT molecular complexity index is 598. The molecule has 0 N–H and O–H groups in total. The van der Waals surface area contributed by atoms with E-state index in [4.69, 9.17) is 0 Å². The largest absolute Gasteiger partial charge is 0.349 e. The number of nitrogens with zero attached hydrogens (tertiary/aromatic N) is 3. The summed E-state index contributed by atoms with van der Waals surface area (Å²) in [5.74, 6) is 0.597. The molecule has 0 radical (unpaired) electrons. The number of rotatable bonds is 5. The summed E-state index contributed by atoms with van der Waals surface area (Å²) >= 11 is 1.48. The molecule has 0 bridgehead atoms. The molecule has 0 spiro atoms. The van der Waals surface area contributed by atoms with Gasteiger partial charge in [-0.3, -0.25) is 4.79 Å². The van der Waals surface area contributed by atoms with Gasteiger partial charge < -0.3 is 9.13 Å². The molecule has 19 heavy (non-hydrogen) atoms. The molecule has 4 nitrogen and oxygen atoms in total. The molecule has 0 unspecified atom stereocenters. The van der Waals surface area contributed by atoms with Gasteiger partial charge in [0.05, 0.1) is 5.75 Å². The Morgan fingerprint density at radius 2 is 2.16 bits per heavy atom. The van der Waals surface area contributed by atoms with Crippen LogP contribution in [0.1, 0.15) is 28.7 Å². The van der Waals surface area contributed by atoms with E-state index in [2.05, 4.69) is 16.5 Å². The van der Waals surface area contributed by atoms with Gasteiger partial charge in [0.25, 0.3) is 0 Å². The zero-order valence-corrected chi connectivity index (χ0v) is 12.6. The summed E-state index contributed by atoms with van der Waals surface area (Å²) in [6.07, 6.45) is 3.63. The molecule has 0 aliphatic heterocycles. The predicted molar refractivity (Wildman–Crippen MR) is 77.8 cm³/mol. The molecule has 2 aromatic heterocycles. The predicted octanol–water partition coefficient (Wildman–Crippen LogP) is 2.83. The number of aryl methyl sites for hydroxylation is 2. The minimum Gasteiger partial charge on any atom is -0.349 e. The van der Waals surface area contributed by atoms with Crippen LogP contribution in [0.25, 0.3) is 0 Å². The van der Waals surface area contributed by atoms with Crippen molar-refractivity contribution >= 4 is 17.5 Å². The van der Waals surface area contributed by atoms with Crippen LogP contribution in [0.2, 0.25) is 0 Å². The lowest BCUT2D eigenvalue weighted by Gasteiger charge is -2.05.